The molecular weight excluding hydrogens is 324 g/mol. The molecule has 0 heterocycles. The van der Waals surface area contributed by atoms with E-state index < -0.39 is 0 Å². The second-order valence-electron chi connectivity index (χ2n) is 4.74. The van der Waals surface area contributed by atoms with Gasteiger partial charge in [0.15, 0.2) is 0 Å². The van der Waals surface area contributed by atoms with Crippen molar-refractivity contribution in [3.05, 3.63) is 109 Å². The van der Waals surface area contributed by atoms with Crippen LogP contribution in [0, 0.1) is 12.2 Å². The third-order valence-electron chi connectivity index (χ3n) is 3.05. The van der Waals surface area contributed by atoms with Crippen LogP contribution in [0.3, 0.4) is 0 Å². The summed E-state index contributed by atoms with van der Waals surface area (Å²) in [5.41, 5.74) is 2.55. The van der Waals surface area contributed by atoms with Gasteiger partial charge in [0.2, 0.25) is 0 Å². The van der Waals surface area contributed by atoms with Crippen LogP contribution in [0.1, 0.15) is 12.8 Å². The monoisotopic (exact) mass is 346 g/mol. The zero-order valence-electron chi connectivity index (χ0n) is 13.9. The molecule has 0 unspecified atom stereocenters. The number of rotatable bonds is 1. The van der Waals surface area contributed by atoms with Crippen molar-refractivity contribution in [2.24, 2.45) is 0 Å². The third kappa shape index (κ3) is 9.20. The van der Waals surface area contributed by atoms with Crippen molar-refractivity contribution in [2.75, 3.05) is 0 Å². The van der Waals surface area contributed by atoms with Crippen LogP contribution in [0.5, 0.6) is 0 Å². The number of benzene rings is 2. The second-order valence-corrected chi connectivity index (χ2v) is 4.74. The molecule has 0 saturated carbocycles. The van der Waals surface area contributed by atoms with E-state index in [2.05, 4.69) is 77.7 Å². The summed E-state index contributed by atoms with van der Waals surface area (Å²) in [6.07, 6.45) is 20.0. The van der Waals surface area contributed by atoms with Crippen LogP contribution < -0.4 is 0 Å². The molecule has 0 amide bonds. The molecule has 118 valence electrons. The summed E-state index contributed by atoms with van der Waals surface area (Å²) in [6, 6.07) is 20.8. The largest absolute Gasteiger partial charge is 0.0622 e. The Labute approximate surface area is 157 Å². The average Bonchev–Trinajstić information content (AvgIpc) is 3.43. The molecule has 2 aromatic rings. The molecular formula is C23H22Ti. The Morgan fingerprint density at radius 1 is 0.625 bits per heavy atom. The molecule has 0 bridgehead atoms. The molecule has 1 heteroatoms. The van der Waals surface area contributed by atoms with Crippen molar-refractivity contribution in [2.45, 2.75) is 12.8 Å². The smallest absolute Gasteiger partial charge is 0.0184 e. The first-order valence-corrected chi connectivity index (χ1v) is 8.96. The summed E-state index contributed by atoms with van der Waals surface area (Å²) >= 11 is 1.75. The predicted octanol–water partition coefficient (Wildman–Crippen LogP) is 5.93. The van der Waals surface area contributed by atoms with Gasteiger partial charge in [-0.2, -0.15) is 12.2 Å². The molecule has 2 aromatic carbocycles. The van der Waals surface area contributed by atoms with Crippen LogP contribution in [-0.4, -0.2) is 4.82 Å². The van der Waals surface area contributed by atoms with Gasteiger partial charge in [-0.3, -0.25) is 12.2 Å². The molecule has 0 fully saturated rings. The molecule has 0 nitrogen and oxygen atoms in total. The van der Waals surface area contributed by atoms with Gasteiger partial charge in [0.25, 0.3) is 0 Å². The van der Waals surface area contributed by atoms with Gasteiger partial charge in [-0.15, -0.1) is 12.8 Å². The normalized spacial score (nSPS) is 12.4. The fourth-order valence-electron chi connectivity index (χ4n) is 1.94. The molecule has 24 heavy (non-hydrogen) atoms. The summed E-state index contributed by atoms with van der Waals surface area (Å²) in [7, 11) is 0. The SMILES string of the molecule is [C-]1=CC=CC1.[C-]1=CC=CC1.[CH2]=[Ti+2].c1ccc(-c2ccccc2)cc1. The fourth-order valence-corrected chi connectivity index (χ4v) is 1.94. The molecule has 4 rings (SSSR count). The van der Waals surface area contributed by atoms with Gasteiger partial charge in [0.05, 0.1) is 0 Å². The van der Waals surface area contributed by atoms with Crippen LogP contribution in [0.15, 0.2) is 97.1 Å². The van der Waals surface area contributed by atoms with Gasteiger partial charge in [0, 0.05) is 0 Å². The predicted molar refractivity (Wildman–Crippen MR) is 102 cm³/mol. The molecule has 0 saturated heterocycles. The minimum atomic E-state index is 1.01. The van der Waals surface area contributed by atoms with Crippen molar-refractivity contribution < 1.29 is 20.0 Å². The number of hydrogen-bond acceptors (Lipinski definition) is 0. The Morgan fingerprint density at radius 3 is 1.21 bits per heavy atom. The van der Waals surface area contributed by atoms with Gasteiger partial charge >= 0.3 is 24.8 Å². The van der Waals surface area contributed by atoms with Crippen LogP contribution in [0.2, 0.25) is 0 Å². The van der Waals surface area contributed by atoms with Crippen molar-refractivity contribution in [1.29, 1.82) is 0 Å². The van der Waals surface area contributed by atoms with E-state index in [1.165, 1.54) is 11.1 Å². The third-order valence-corrected chi connectivity index (χ3v) is 3.05. The Bertz CT molecular complexity index is 569. The summed E-state index contributed by atoms with van der Waals surface area (Å²) in [5.74, 6) is 0. The second kappa shape index (κ2) is 14.6. The molecule has 0 spiro atoms. The number of allylic oxidation sites excluding steroid dienone is 8. The minimum absolute atomic E-state index is 1.01. The van der Waals surface area contributed by atoms with Gasteiger partial charge in [-0.25, -0.2) is 24.3 Å². The summed E-state index contributed by atoms with van der Waals surface area (Å²) in [4.78, 5) is 3.25. The van der Waals surface area contributed by atoms with Crippen molar-refractivity contribution in [3.63, 3.8) is 0 Å². The molecule has 2 aliphatic rings. The zero-order chi connectivity index (χ0) is 17.3. The molecule has 2 aliphatic carbocycles. The maximum atomic E-state index is 3.25. The van der Waals surface area contributed by atoms with E-state index in [9.17, 15) is 0 Å². The quantitative estimate of drug-likeness (QED) is 0.443. The van der Waals surface area contributed by atoms with Gasteiger partial charge in [-0.05, 0) is 11.1 Å². The van der Waals surface area contributed by atoms with E-state index in [1.807, 2.05) is 36.4 Å². The van der Waals surface area contributed by atoms with Crippen molar-refractivity contribution in [1.82, 2.24) is 0 Å². The number of hydrogen-bond donors (Lipinski definition) is 0. The average molecular weight is 346 g/mol. The Hall–Kier alpha value is -2.02. The van der Waals surface area contributed by atoms with Crippen LogP contribution in [0.4, 0.5) is 0 Å². The molecule has 0 aromatic heterocycles. The molecule has 0 radical (unpaired) electrons. The molecule has 0 aliphatic heterocycles. The van der Waals surface area contributed by atoms with Crippen LogP contribution >= 0.6 is 0 Å². The minimum Gasteiger partial charge on any atom is -0.0622 e. The summed E-state index contributed by atoms with van der Waals surface area (Å²) in [5, 5.41) is 0. The van der Waals surface area contributed by atoms with E-state index in [0.717, 1.165) is 12.8 Å². The summed E-state index contributed by atoms with van der Waals surface area (Å²) < 4.78 is 0. The van der Waals surface area contributed by atoms with Gasteiger partial charge in [0.1, 0.15) is 0 Å². The van der Waals surface area contributed by atoms with E-state index in [1.54, 1.807) is 20.0 Å². The maximum absolute atomic E-state index is 3.25. The Balaban J connectivity index is 0.000000199. The van der Waals surface area contributed by atoms with E-state index in [0.29, 0.717) is 0 Å². The first kappa shape index (κ1) is 20.0. The van der Waals surface area contributed by atoms with Crippen LogP contribution in [-0.2, 0) is 20.0 Å². The fraction of sp³-hybridized carbons (Fsp3) is 0.0870. The summed E-state index contributed by atoms with van der Waals surface area (Å²) in [6.45, 7) is 0. The van der Waals surface area contributed by atoms with Crippen LogP contribution in [0.25, 0.3) is 11.1 Å². The topological polar surface area (TPSA) is 0 Å². The van der Waals surface area contributed by atoms with E-state index in [-0.39, 0.29) is 0 Å². The Morgan fingerprint density at radius 2 is 1.00 bits per heavy atom. The zero-order valence-corrected chi connectivity index (χ0v) is 15.4. The van der Waals surface area contributed by atoms with E-state index in [4.69, 9.17) is 0 Å². The van der Waals surface area contributed by atoms with Crippen molar-refractivity contribution in [3.8, 4) is 11.1 Å². The first-order chi connectivity index (χ1) is 12.0. The molecule has 0 atom stereocenters. The standard InChI is InChI=1S/C12H10.2C5H5.CH2.Ti/c1-3-7-11(8-4-1)12-9-5-2-6-10-12;2*1-2-4-5-3-1;;/h1-10H;2*1-3H,4H2;1H2;/q;2*-1;;+2. The van der Waals surface area contributed by atoms with E-state index >= 15 is 0 Å². The maximum Gasteiger partial charge on any atom is -0.0184 e. The molecule has 0 N–H and O–H groups in total. The Kier molecular flexibility index (Phi) is 12.2. The van der Waals surface area contributed by atoms with Crippen molar-refractivity contribution >= 4 is 4.82 Å². The van der Waals surface area contributed by atoms with Gasteiger partial charge < -0.3 is 0 Å². The first-order valence-electron chi connectivity index (χ1n) is 7.86. The van der Waals surface area contributed by atoms with Gasteiger partial charge in [-0.1, -0.05) is 60.7 Å².